The lowest BCUT2D eigenvalue weighted by atomic mass is 10.0. The second kappa shape index (κ2) is 11.4. The third kappa shape index (κ3) is 7.11. The van der Waals surface area contributed by atoms with E-state index in [2.05, 4.69) is 20.7 Å². The van der Waals surface area contributed by atoms with Gasteiger partial charge in [0, 0.05) is 29.3 Å². The number of aromatic nitrogens is 4. The number of nitrogens with one attached hydrogen (secondary N) is 1. The van der Waals surface area contributed by atoms with E-state index in [0.717, 1.165) is 12.8 Å². The molecule has 1 aliphatic rings. The normalized spacial score (nSPS) is 16.4. The van der Waals surface area contributed by atoms with Crippen LogP contribution in [0, 0.1) is 5.82 Å². The second-order valence-corrected chi connectivity index (χ2v) is 10.5. The molecule has 0 radical (unpaired) electrons. The summed E-state index contributed by atoms with van der Waals surface area (Å²) in [6.07, 6.45) is 1.48. The van der Waals surface area contributed by atoms with Crippen molar-refractivity contribution in [2.45, 2.75) is 57.8 Å². The van der Waals surface area contributed by atoms with Gasteiger partial charge in [0.2, 0.25) is 17.6 Å². The second-order valence-electron chi connectivity index (χ2n) is 10.0. The van der Waals surface area contributed by atoms with E-state index < -0.39 is 11.6 Å². The Morgan fingerprint density at radius 3 is 2.51 bits per heavy atom. The topological polar surface area (TPSA) is 102 Å². The Morgan fingerprint density at radius 2 is 1.89 bits per heavy atom. The number of nitrogens with zero attached hydrogens (tertiary/aromatic N) is 5. The van der Waals surface area contributed by atoms with Gasteiger partial charge in [-0.3, -0.25) is 9.59 Å². The summed E-state index contributed by atoms with van der Waals surface area (Å²) in [6.45, 7) is 6.24. The number of hydrogen-bond acceptors (Lipinski definition) is 6. The highest BCUT2D eigenvalue weighted by Crippen LogP contribution is 2.27. The van der Waals surface area contributed by atoms with Crippen LogP contribution in [-0.2, 0) is 20.9 Å². The Kier molecular flexibility index (Phi) is 8.19. The zero-order valence-electron chi connectivity index (χ0n) is 21.0. The van der Waals surface area contributed by atoms with Gasteiger partial charge in [0.05, 0.1) is 6.10 Å². The van der Waals surface area contributed by atoms with E-state index in [9.17, 15) is 14.0 Å². The van der Waals surface area contributed by atoms with E-state index in [1.165, 1.54) is 34.0 Å². The van der Waals surface area contributed by atoms with Crippen molar-refractivity contribution < 1.29 is 18.7 Å². The molecular weight excluding hydrogens is 499 g/mol. The third-order valence-electron chi connectivity index (χ3n) is 5.82. The summed E-state index contributed by atoms with van der Waals surface area (Å²) in [5.74, 6) is -0.807. The molecule has 0 saturated carbocycles. The van der Waals surface area contributed by atoms with Crippen LogP contribution in [0.5, 0.6) is 0 Å². The maximum absolute atomic E-state index is 13.7. The summed E-state index contributed by atoms with van der Waals surface area (Å²) in [4.78, 5) is 30.0. The standard InChI is InChI=1S/C26H30ClFN6O3/c1-26(2,3)29-25(36)23(17-6-10-19(27)11-7-17)33(15-21-5-4-14-37-21)22(35)16-34-31-24(30-32-34)18-8-12-20(28)13-9-18/h6-13,21,23H,4-5,14-16H2,1-3H3,(H,29,36)/t21-,23-/m1/s1. The van der Waals surface area contributed by atoms with Crippen LogP contribution in [0.1, 0.15) is 45.2 Å². The first kappa shape index (κ1) is 26.7. The minimum Gasteiger partial charge on any atom is -0.376 e. The summed E-state index contributed by atoms with van der Waals surface area (Å²) in [5, 5.41) is 15.8. The summed E-state index contributed by atoms with van der Waals surface area (Å²) in [6, 6.07) is 11.6. The van der Waals surface area contributed by atoms with Gasteiger partial charge in [-0.2, -0.15) is 4.80 Å². The molecule has 1 saturated heterocycles. The molecule has 2 heterocycles. The number of tetrazole rings is 1. The van der Waals surface area contributed by atoms with Crippen LogP contribution in [-0.4, -0.2) is 61.7 Å². The smallest absolute Gasteiger partial charge is 0.247 e. The van der Waals surface area contributed by atoms with Gasteiger partial charge in [0.1, 0.15) is 18.4 Å². The first-order valence-electron chi connectivity index (χ1n) is 12.1. The van der Waals surface area contributed by atoms with Crippen molar-refractivity contribution in [3.63, 3.8) is 0 Å². The molecule has 37 heavy (non-hydrogen) atoms. The SMILES string of the molecule is CC(C)(C)NC(=O)[C@@H](c1ccc(Cl)cc1)N(C[C@H]1CCCO1)C(=O)Cn1nnc(-c2ccc(F)cc2)n1. The van der Waals surface area contributed by atoms with E-state index in [4.69, 9.17) is 16.3 Å². The van der Waals surface area contributed by atoms with E-state index in [-0.39, 0.29) is 42.6 Å². The molecule has 0 unspecified atom stereocenters. The molecule has 1 aromatic heterocycles. The van der Waals surface area contributed by atoms with Gasteiger partial charge < -0.3 is 15.0 Å². The van der Waals surface area contributed by atoms with Crippen molar-refractivity contribution in [2.24, 2.45) is 0 Å². The molecule has 9 nitrogen and oxygen atoms in total. The quantitative estimate of drug-likeness (QED) is 0.477. The van der Waals surface area contributed by atoms with Crippen molar-refractivity contribution in [1.29, 1.82) is 0 Å². The van der Waals surface area contributed by atoms with Crippen molar-refractivity contribution in [3.05, 3.63) is 64.9 Å². The van der Waals surface area contributed by atoms with Gasteiger partial charge in [-0.1, -0.05) is 23.7 Å². The predicted octanol–water partition coefficient (Wildman–Crippen LogP) is 3.80. The first-order valence-corrected chi connectivity index (χ1v) is 12.5. The molecule has 1 fully saturated rings. The van der Waals surface area contributed by atoms with Gasteiger partial charge >= 0.3 is 0 Å². The number of carbonyl (C=O) groups excluding carboxylic acids is 2. The van der Waals surface area contributed by atoms with Crippen molar-refractivity contribution in [2.75, 3.05) is 13.2 Å². The van der Waals surface area contributed by atoms with E-state index >= 15 is 0 Å². The van der Waals surface area contributed by atoms with Gasteiger partial charge in [-0.05, 0) is 80.8 Å². The Hall–Kier alpha value is -3.37. The molecule has 3 aromatic rings. The van der Waals surface area contributed by atoms with Crippen LogP contribution in [0.2, 0.25) is 5.02 Å². The first-order chi connectivity index (χ1) is 17.6. The van der Waals surface area contributed by atoms with E-state index in [1.807, 2.05) is 20.8 Å². The minimum atomic E-state index is -0.923. The van der Waals surface area contributed by atoms with Gasteiger partial charge in [-0.15, -0.1) is 10.2 Å². The minimum absolute atomic E-state index is 0.195. The molecule has 2 aromatic carbocycles. The average molecular weight is 529 g/mol. The highest BCUT2D eigenvalue weighted by molar-refractivity contribution is 6.30. The lowest BCUT2D eigenvalue weighted by Crippen LogP contribution is -2.51. The van der Waals surface area contributed by atoms with Crippen LogP contribution in [0.15, 0.2) is 48.5 Å². The van der Waals surface area contributed by atoms with Crippen LogP contribution >= 0.6 is 11.6 Å². The Balaban J connectivity index is 1.64. The van der Waals surface area contributed by atoms with E-state index in [0.29, 0.717) is 22.8 Å². The summed E-state index contributed by atoms with van der Waals surface area (Å²) in [5.41, 5.74) is 0.675. The fraction of sp³-hybridized carbons (Fsp3) is 0.423. The molecule has 196 valence electrons. The fourth-order valence-corrected chi connectivity index (χ4v) is 4.28. The van der Waals surface area contributed by atoms with Crippen LogP contribution < -0.4 is 5.32 Å². The number of rotatable bonds is 8. The van der Waals surface area contributed by atoms with Gasteiger partial charge in [0.25, 0.3) is 0 Å². The molecule has 1 aliphatic heterocycles. The summed E-state index contributed by atoms with van der Waals surface area (Å²) < 4.78 is 19.1. The monoisotopic (exact) mass is 528 g/mol. The molecule has 0 bridgehead atoms. The molecule has 11 heteroatoms. The lowest BCUT2D eigenvalue weighted by molar-refractivity contribution is -0.144. The molecule has 2 amide bonds. The molecule has 4 rings (SSSR count). The number of hydrogen-bond donors (Lipinski definition) is 1. The zero-order chi connectivity index (χ0) is 26.6. The fourth-order valence-electron chi connectivity index (χ4n) is 4.15. The third-order valence-corrected chi connectivity index (χ3v) is 6.07. The predicted molar refractivity (Wildman–Crippen MR) is 136 cm³/mol. The summed E-state index contributed by atoms with van der Waals surface area (Å²) in [7, 11) is 0. The summed E-state index contributed by atoms with van der Waals surface area (Å²) >= 11 is 6.10. The number of amides is 2. The van der Waals surface area contributed by atoms with Gasteiger partial charge in [-0.25, -0.2) is 4.39 Å². The van der Waals surface area contributed by atoms with Gasteiger partial charge in [0.15, 0.2) is 0 Å². The number of carbonyl (C=O) groups is 2. The maximum Gasteiger partial charge on any atom is 0.247 e. The molecule has 0 aliphatic carbocycles. The highest BCUT2D eigenvalue weighted by Gasteiger charge is 2.35. The zero-order valence-corrected chi connectivity index (χ0v) is 21.8. The van der Waals surface area contributed by atoms with Crippen molar-refractivity contribution >= 4 is 23.4 Å². The Bertz CT molecular complexity index is 1220. The maximum atomic E-state index is 13.7. The van der Waals surface area contributed by atoms with Crippen molar-refractivity contribution in [3.8, 4) is 11.4 Å². The highest BCUT2D eigenvalue weighted by atomic mass is 35.5. The number of ether oxygens (including phenoxy) is 1. The van der Waals surface area contributed by atoms with Crippen LogP contribution in [0.3, 0.4) is 0 Å². The Morgan fingerprint density at radius 1 is 1.19 bits per heavy atom. The molecular formula is C26H30ClFN6O3. The number of halogens is 2. The number of benzene rings is 2. The Labute approximate surface area is 219 Å². The lowest BCUT2D eigenvalue weighted by Gasteiger charge is -2.35. The van der Waals surface area contributed by atoms with Crippen molar-refractivity contribution in [1.82, 2.24) is 30.4 Å². The van der Waals surface area contributed by atoms with E-state index in [1.54, 1.807) is 24.3 Å². The van der Waals surface area contributed by atoms with Crippen LogP contribution in [0.25, 0.3) is 11.4 Å². The molecule has 0 spiro atoms. The average Bonchev–Trinajstić information content (AvgIpc) is 3.51. The largest absolute Gasteiger partial charge is 0.376 e. The molecule has 2 atom stereocenters. The van der Waals surface area contributed by atoms with Crippen LogP contribution in [0.4, 0.5) is 4.39 Å². The molecule has 1 N–H and O–H groups in total.